The number of nitrogens with one attached hydrogen (secondary N) is 1. The van der Waals surface area contributed by atoms with Gasteiger partial charge in [-0.2, -0.15) is 0 Å². The predicted octanol–water partition coefficient (Wildman–Crippen LogP) is 4.37. The maximum atomic E-state index is 5.35. The van der Waals surface area contributed by atoms with E-state index in [4.69, 9.17) is 9.72 Å². The molecule has 2 aliphatic rings. The summed E-state index contributed by atoms with van der Waals surface area (Å²) in [7, 11) is 1.77. The van der Waals surface area contributed by atoms with Crippen LogP contribution in [0.2, 0.25) is 0 Å². The highest BCUT2D eigenvalue weighted by Crippen LogP contribution is 2.35. The molecule has 118 valence electrons. The Balaban J connectivity index is 1.68. The van der Waals surface area contributed by atoms with Gasteiger partial charge in [-0.25, -0.2) is 4.98 Å². The Morgan fingerprint density at radius 1 is 1.10 bits per heavy atom. The summed E-state index contributed by atoms with van der Waals surface area (Å²) in [6, 6.07) is 0.757. The number of ether oxygens (including phenoxy) is 1. The van der Waals surface area contributed by atoms with Gasteiger partial charge in [-0.3, -0.25) is 0 Å². The Kier molecular flexibility index (Phi) is 5.67. The van der Waals surface area contributed by atoms with Gasteiger partial charge in [0.1, 0.15) is 0 Å². The van der Waals surface area contributed by atoms with Crippen molar-refractivity contribution in [1.29, 1.82) is 0 Å². The summed E-state index contributed by atoms with van der Waals surface area (Å²) in [4.78, 5) is 6.35. The number of rotatable bonds is 6. The third-order valence-corrected chi connectivity index (χ3v) is 5.92. The minimum Gasteiger partial charge on any atom is -0.378 e. The Hall–Kier alpha value is -0.450. The fourth-order valence-electron chi connectivity index (χ4n) is 3.19. The predicted molar refractivity (Wildman–Crippen MR) is 87.7 cm³/mol. The molecule has 0 spiro atoms. The third kappa shape index (κ3) is 4.51. The number of hydrogen-bond donors (Lipinski definition) is 1. The highest BCUT2D eigenvalue weighted by molar-refractivity contribution is 7.11. The van der Waals surface area contributed by atoms with Crippen LogP contribution in [0.3, 0.4) is 0 Å². The van der Waals surface area contributed by atoms with E-state index in [0.717, 1.165) is 12.6 Å². The second-order valence-electron chi connectivity index (χ2n) is 6.55. The van der Waals surface area contributed by atoms with Crippen molar-refractivity contribution in [1.82, 2.24) is 10.3 Å². The molecule has 0 atom stereocenters. The van der Waals surface area contributed by atoms with Gasteiger partial charge >= 0.3 is 0 Å². The molecule has 0 saturated heterocycles. The van der Waals surface area contributed by atoms with E-state index in [9.17, 15) is 0 Å². The van der Waals surface area contributed by atoms with Crippen molar-refractivity contribution in [3.05, 3.63) is 15.6 Å². The van der Waals surface area contributed by atoms with Crippen molar-refractivity contribution < 1.29 is 4.74 Å². The van der Waals surface area contributed by atoms with Gasteiger partial charge < -0.3 is 10.1 Å². The molecular formula is C17H28N2OS. The van der Waals surface area contributed by atoms with Gasteiger partial charge in [0.25, 0.3) is 0 Å². The van der Waals surface area contributed by atoms with Crippen molar-refractivity contribution in [2.24, 2.45) is 0 Å². The van der Waals surface area contributed by atoms with Crippen molar-refractivity contribution in [2.75, 3.05) is 7.11 Å². The molecule has 1 N–H and O–H groups in total. The molecule has 0 aromatic carbocycles. The quantitative estimate of drug-likeness (QED) is 0.847. The van der Waals surface area contributed by atoms with Gasteiger partial charge in [0, 0.05) is 30.5 Å². The summed E-state index contributed by atoms with van der Waals surface area (Å²) in [5.74, 6) is 0.695. The first-order valence-electron chi connectivity index (χ1n) is 8.57. The van der Waals surface area contributed by atoms with Crippen LogP contribution in [0.1, 0.15) is 79.3 Å². The molecule has 0 bridgehead atoms. The van der Waals surface area contributed by atoms with Gasteiger partial charge in [0.05, 0.1) is 17.3 Å². The van der Waals surface area contributed by atoms with Gasteiger partial charge in [0.15, 0.2) is 0 Å². The summed E-state index contributed by atoms with van der Waals surface area (Å²) < 4.78 is 5.35. The van der Waals surface area contributed by atoms with E-state index in [1.807, 2.05) is 11.3 Å². The first kappa shape index (κ1) is 15.4. The fraction of sp³-hybridized carbons (Fsp3) is 0.824. The number of methoxy groups -OCH3 is 1. The lowest BCUT2D eigenvalue weighted by molar-refractivity contribution is 0.181. The topological polar surface area (TPSA) is 34.1 Å². The molecule has 4 heteroatoms. The summed E-state index contributed by atoms with van der Waals surface area (Å²) in [5, 5.41) is 5.00. The minimum atomic E-state index is 0.658. The van der Waals surface area contributed by atoms with E-state index in [2.05, 4.69) is 5.32 Å². The summed E-state index contributed by atoms with van der Waals surface area (Å²) >= 11 is 1.94. The number of aromatic nitrogens is 1. The lowest BCUT2D eigenvalue weighted by atomic mass is 9.92. The van der Waals surface area contributed by atoms with E-state index >= 15 is 0 Å². The molecule has 0 amide bonds. The van der Waals surface area contributed by atoms with Crippen molar-refractivity contribution >= 4 is 11.3 Å². The molecule has 2 aliphatic carbocycles. The summed E-state index contributed by atoms with van der Waals surface area (Å²) in [5.41, 5.74) is 1.17. The third-order valence-electron chi connectivity index (χ3n) is 4.66. The maximum absolute atomic E-state index is 5.35. The molecule has 3 nitrogen and oxygen atoms in total. The Morgan fingerprint density at radius 3 is 2.48 bits per heavy atom. The molecule has 1 aromatic heterocycles. The molecule has 0 unspecified atom stereocenters. The van der Waals surface area contributed by atoms with Crippen LogP contribution in [-0.4, -0.2) is 18.1 Å². The first-order chi connectivity index (χ1) is 10.4. The zero-order valence-electron chi connectivity index (χ0n) is 13.2. The number of thiazole rings is 1. The Morgan fingerprint density at radius 2 is 1.81 bits per heavy atom. The van der Waals surface area contributed by atoms with Gasteiger partial charge in [-0.15, -0.1) is 11.3 Å². The lowest BCUT2D eigenvalue weighted by Gasteiger charge is -2.17. The lowest BCUT2D eigenvalue weighted by Crippen LogP contribution is -2.15. The van der Waals surface area contributed by atoms with Crippen LogP contribution in [0.25, 0.3) is 0 Å². The highest BCUT2D eigenvalue weighted by atomic mass is 32.1. The normalized spacial score (nSPS) is 21.2. The molecule has 0 radical (unpaired) electrons. The fourth-order valence-corrected chi connectivity index (χ4v) is 4.38. The monoisotopic (exact) mass is 308 g/mol. The van der Waals surface area contributed by atoms with E-state index in [-0.39, 0.29) is 0 Å². The van der Waals surface area contributed by atoms with Crippen LogP contribution >= 0.6 is 11.3 Å². The first-order valence-corrected chi connectivity index (χ1v) is 9.39. The second kappa shape index (κ2) is 7.70. The zero-order chi connectivity index (χ0) is 14.5. The molecule has 21 heavy (non-hydrogen) atoms. The molecule has 1 heterocycles. The largest absolute Gasteiger partial charge is 0.378 e. The standard InChI is InChI=1S/C17H28N2OS/c1-20-12-15-16(11-18-14-9-10-14)21-17(19-15)13-7-5-3-2-4-6-8-13/h13-14,18H,2-12H2,1H3. The molecule has 3 rings (SSSR count). The number of nitrogens with zero attached hydrogens (tertiary/aromatic N) is 1. The van der Waals surface area contributed by atoms with E-state index in [1.54, 1.807) is 7.11 Å². The van der Waals surface area contributed by atoms with Gasteiger partial charge in [-0.1, -0.05) is 32.1 Å². The average molecular weight is 308 g/mol. The van der Waals surface area contributed by atoms with Gasteiger partial charge in [-0.05, 0) is 25.7 Å². The van der Waals surface area contributed by atoms with Crippen LogP contribution in [0.5, 0.6) is 0 Å². The highest BCUT2D eigenvalue weighted by Gasteiger charge is 2.23. The average Bonchev–Trinajstić information content (AvgIpc) is 3.19. The molecule has 0 aliphatic heterocycles. The summed E-state index contributed by atoms with van der Waals surface area (Å²) in [6.45, 7) is 1.64. The Labute approximate surface area is 132 Å². The van der Waals surface area contributed by atoms with Crippen LogP contribution < -0.4 is 5.32 Å². The van der Waals surface area contributed by atoms with E-state index in [0.29, 0.717) is 12.5 Å². The molecule has 2 saturated carbocycles. The smallest absolute Gasteiger partial charge is 0.0963 e. The molecule has 1 aromatic rings. The second-order valence-corrected chi connectivity index (χ2v) is 7.67. The molecular weight excluding hydrogens is 280 g/mol. The zero-order valence-corrected chi connectivity index (χ0v) is 14.0. The van der Waals surface area contributed by atoms with Gasteiger partial charge in [0.2, 0.25) is 0 Å². The van der Waals surface area contributed by atoms with Crippen molar-refractivity contribution in [3.63, 3.8) is 0 Å². The van der Waals surface area contributed by atoms with Crippen LogP contribution in [-0.2, 0) is 17.9 Å². The SMILES string of the molecule is COCc1nc(C2CCCCCCC2)sc1CNC1CC1. The van der Waals surface area contributed by atoms with Crippen molar-refractivity contribution in [3.8, 4) is 0 Å². The minimum absolute atomic E-state index is 0.658. The molecule has 2 fully saturated rings. The number of hydrogen-bond acceptors (Lipinski definition) is 4. The van der Waals surface area contributed by atoms with Crippen LogP contribution in [0, 0.1) is 0 Å². The Bertz CT molecular complexity index is 434. The maximum Gasteiger partial charge on any atom is 0.0963 e. The van der Waals surface area contributed by atoms with E-state index in [1.165, 1.54) is 73.4 Å². The van der Waals surface area contributed by atoms with Crippen LogP contribution in [0.4, 0.5) is 0 Å². The van der Waals surface area contributed by atoms with E-state index < -0.39 is 0 Å². The summed E-state index contributed by atoms with van der Waals surface area (Å²) in [6.07, 6.45) is 12.3. The van der Waals surface area contributed by atoms with Crippen molar-refractivity contribution in [2.45, 2.75) is 82.9 Å². The van der Waals surface area contributed by atoms with Crippen LogP contribution in [0.15, 0.2) is 0 Å².